The van der Waals surface area contributed by atoms with E-state index in [4.69, 9.17) is 17.0 Å². The van der Waals surface area contributed by atoms with E-state index in [2.05, 4.69) is 17.6 Å². The molecule has 1 atom stereocenters. The van der Waals surface area contributed by atoms with Crippen LogP contribution < -0.4 is 20.3 Å². The van der Waals surface area contributed by atoms with Crippen LogP contribution in [0.4, 0.5) is 11.4 Å². The summed E-state index contributed by atoms with van der Waals surface area (Å²) in [6.07, 6.45) is 1.56. The van der Waals surface area contributed by atoms with E-state index in [1.807, 2.05) is 53.4 Å². The van der Waals surface area contributed by atoms with Gasteiger partial charge in [0.1, 0.15) is 5.75 Å². The Kier molecular flexibility index (Phi) is 5.73. The number of nitrogens with zero attached hydrogens (tertiary/aromatic N) is 1. The van der Waals surface area contributed by atoms with Crippen molar-refractivity contribution in [2.75, 3.05) is 23.9 Å². The van der Waals surface area contributed by atoms with E-state index in [0.717, 1.165) is 35.7 Å². The van der Waals surface area contributed by atoms with Crippen molar-refractivity contribution in [3.05, 3.63) is 54.1 Å². The Balaban J connectivity index is 1.56. The Hall–Kier alpha value is -2.60. The van der Waals surface area contributed by atoms with Gasteiger partial charge in [0.05, 0.1) is 13.2 Å². The Morgan fingerprint density at radius 1 is 1.15 bits per heavy atom. The SMILES string of the molecule is COc1ccc([C@@H](C)NC(=S)Nc2ccc(N3CCCC3=O)cc2)cc1. The lowest BCUT2D eigenvalue weighted by Crippen LogP contribution is -2.30. The quantitative estimate of drug-likeness (QED) is 0.784. The second-order valence-corrected chi connectivity index (χ2v) is 6.70. The van der Waals surface area contributed by atoms with Crippen molar-refractivity contribution in [1.82, 2.24) is 5.32 Å². The van der Waals surface area contributed by atoms with Crippen LogP contribution in [0.3, 0.4) is 0 Å². The van der Waals surface area contributed by atoms with Gasteiger partial charge < -0.3 is 20.3 Å². The molecule has 2 aromatic rings. The van der Waals surface area contributed by atoms with Gasteiger partial charge in [-0.2, -0.15) is 0 Å². The maximum atomic E-state index is 11.8. The zero-order valence-electron chi connectivity index (χ0n) is 15.0. The van der Waals surface area contributed by atoms with Crippen LogP contribution in [0.2, 0.25) is 0 Å². The normalized spacial score (nSPS) is 14.8. The van der Waals surface area contributed by atoms with Crippen LogP contribution in [0.25, 0.3) is 0 Å². The minimum Gasteiger partial charge on any atom is -0.497 e. The lowest BCUT2D eigenvalue weighted by Gasteiger charge is -2.19. The van der Waals surface area contributed by atoms with Crippen molar-refractivity contribution in [2.24, 2.45) is 0 Å². The fraction of sp³-hybridized carbons (Fsp3) is 0.300. The summed E-state index contributed by atoms with van der Waals surface area (Å²) in [5.41, 5.74) is 2.95. The van der Waals surface area contributed by atoms with E-state index >= 15 is 0 Å². The first-order valence-electron chi connectivity index (χ1n) is 8.69. The summed E-state index contributed by atoms with van der Waals surface area (Å²) in [5.74, 6) is 1.02. The van der Waals surface area contributed by atoms with Gasteiger partial charge in [-0.25, -0.2) is 0 Å². The molecule has 0 aromatic heterocycles. The first kappa shape index (κ1) is 18.2. The van der Waals surface area contributed by atoms with Crippen LogP contribution in [0.1, 0.15) is 31.4 Å². The standard InChI is InChI=1S/C20H23N3O2S/c1-14(15-5-11-18(25-2)12-6-15)21-20(26)22-16-7-9-17(10-8-16)23-13-3-4-19(23)24/h5-12,14H,3-4,13H2,1-2H3,(H2,21,22,26)/t14-/m1/s1. The van der Waals surface area contributed by atoms with Gasteiger partial charge in [0.2, 0.25) is 5.91 Å². The first-order chi connectivity index (χ1) is 12.6. The molecule has 2 N–H and O–H groups in total. The van der Waals surface area contributed by atoms with Crippen LogP contribution in [0.5, 0.6) is 5.75 Å². The summed E-state index contributed by atoms with van der Waals surface area (Å²) in [5, 5.41) is 7.01. The third kappa shape index (κ3) is 4.32. The van der Waals surface area contributed by atoms with Crippen molar-refractivity contribution in [3.8, 4) is 5.75 Å². The van der Waals surface area contributed by atoms with Gasteiger partial charge in [-0.05, 0) is 67.5 Å². The monoisotopic (exact) mass is 369 g/mol. The molecule has 6 heteroatoms. The number of benzene rings is 2. The second-order valence-electron chi connectivity index (χ2n) is 6.29. The van der Waals surface area contributed by atoms with E-state index in [1.54, 1.807) is 7.11 Å². The molecule has 5 nitrogen and oxygen atoms in total. The lowest BCUT2D eigenvalue weighted by molar-refractivity contribution is -0.117. The number of carbonyl (C=O) groups is 1. The molecule has 136 valence electrons. The summed E-state index contributed by atoms with van der Waals surface area (Å²) in [7, 11) is 1.65. The molecule has 0 spiro atoms. The molecule has 1 aliphatic rings. The van der Waals surface area contributed by atoms with E-state index in [9.17, 15) is 4.79 Å². The van der Waals surface area contributed by atoms with Gasteiger partial charge in [-0.15, -0.1) is 0 Å². The number of thiocarbonyl (C=S) groups is 1. The van der Waals surface area contributed by atoms with E-state index in [1.165, 1.54) is 0 Å². The number of ether oxygens (including phenoxy) is 1. The van der Waals surface area contributed by atoms with Crippen molar-refractivity contribution >= 4 is 34.6 Å². The zero-order valence-corrected chi connectivity index (χ0v) is 15.8. The van der Waals surface area contributed by atoms with Crippen LogP contribution in [0, 0.1) is 0 Å². The van der Waals surface area contributed by atoms with Gasteiger partial charge >= 0.3 is 0 Å². The molecule has 1 aliphatic heterocycles. The molecule has 2 aromatic carbocycles. The molecule has 1 amide bonds. The molecular weight excluding hydrogens is 346 g/mol. The van der Waals surface area contributed by atoms with E-state index in [-0.39, 0.29) is 11.9 Å². The van der Waals surface area contributed by atoms with Gasteiger partial charge in [0, 0.05) is 24.3 Å². The summed E-state index contributed by atoms with van der Waals surface area (Å²) in [4.78, 5) is 13.6. The Morgan fingerprint density at radius 3 is 2.42 bits per heavy atom. The number of methoxy groups -OCH3 is 1. The molecule has 26 heavy (non-hydrogen) atoms. The molecule has 1 fully saturated rings. The van der Waals surface area contributed by atoms with Gasteiger partial charge in [0.15, 0.2) is 5.11 Å². The molecule has 1 heterocycles. The lowest BCUT2D eigenvalue weighted by atomic mass is 10.1. The highest BCUT2D eigenvalue weighted by atomic mass is 32.1. The predicted molar refractivity (Wildman–Crippen MR) is 109 cm³/mol. The first-order valence-corrected chi connectivity index (χ1v) is 9.09. The van der Waals surface area contributed by atoms with Crippen molar-refractivity contribution in [2.45, 2.75) is 25.8 Å². The number of carbonyl (C=O) groups excluding carboxylic acids is 1. The van der Waals surface area contributed by atoms with E-state index in [0.29, 0.717) is 11.5 Å². The van der Waals surface area contributed by atoms with Crippen molar-refractivity contribution in [3.63, 3.8) is 0 Å². The maximum Gasteiger partial charge on any atom is 0.227 e. The van der Waals surface area contributed by atoms with E-state index < -0.39 is 0 Å². The third-order valence-corrected chi connectivity index (χ3v) is 4.69. The number of rotatable bonds is 5. The summed E-state index contributed by atoms with van der Waals surface area (Å²) < 4.78 is 5.18. The minimum absolute atomic E-state index is 0.0717. The molecule has 0 saturated carbocycles. The van der Waals surface area contributed by atoms with Gasteiger partial charge in [-0.1, -0.05) is 12.1 Å². The summed E-state index contributed by atoms with van der Waals surface area (Å²) in [6.45, 7) is 2.85. The number of nitrogens with one attached hydrogen (secondary N) is 2. The van der Waals surface area contributed by atoms with Gasteiger partial charge in [0.25, 0.3) is 0 Å². The molecular formula is C20H23N3O2S. The average Bonchev–Trinajstić information content (AvgIpc) is 3.08. The number of amides is 1. The van der Waals surface area contributed by atoms with Crippen LogP contribution in [-0.4, -0.2) is 24.7 Å². The highest BCUT2D eigenvalue weighted by Gasteiger charge is 2.21. The third-order valence-electron chi connectivity index (χ3n) is 4.47. The van der Waals surface area contributed by atoms with Crippen LogP contribution in [0.15, 0.2) is 48.5 Å². The average molecular weight is 369 g/mol. The molecule has 1 saturated heterocycles. The topological polar surface area (TPSA) is 53.6 Å². The number of hydrogen-bond donors (Lipinski definition) is 2. The predicted octanol–water partition coefficient (Wildman–Crippen LogP) is 3.87. The van der Waals surface area contributed by atoms with Crippen LogP contribution in [-0.2, 0) is 4.79 Å². The highest BCUT2D eigenvalue weighted by Crippen LogP contribution is 2.23. The fourth-order valence-electron chi connectivity index (χ4n) is 2.99. The highest BCUT2D eigenvalue weighted by molar-refractivity contribution is 7.80. The largest absolute Gasteiger partial charge is 0.497 e. The summed E-state index contributed by atoms with van der Waals surface area (Å²) >= 11 is 5.41. The molecule has 0 bridgehead atoms. The molecule has 3 rings (SSSR count). The second kappa shape index (κ2) is 8.19. The fourth-order valence-corrected chi connectivity index (χ4v) is 3.28. The summed E-state index contributed by atoms with van der Waals surface area (Å²) in [6, 6.07) is 15.7. The van der Waals surface area contributed by atoms with Gasteiger partial charge in [-0.3, -0.25) is 4.79 Å². The molecule has 0 radical (unpaired) electrons. The molecule has 0 unspecified atom stereocenters. The van der Waals surface area contributed by atoms with Crippen LogP contribution >= 0.6 is 12.2 Å². The smallest absolute Gasteiger partial charge is 0.227 e. The number of anilines is 2. The Bertz CT molecular complexity index is 775. The number of hydrogen-bond acceptors (Lipinski definition) is 3. The van der Waals surface area contributed by atoms with Crippen molar-refractivity contribution < 1.29 is 9.53 Å². The maximum absolute atomic E-state index is 11.8. The Labute approximate surface area is 159 Å². The van der Waals surface area contributed by atoms with Crippen molar-refractivity contribution in [1.29, 1.82) is 0 Å². The Morgan fingerprint density at radius 2 is 1.85 bits per heavy atom. The molecule has 0 aliphatic carbocycles. The minimum atomic E-state index is 0.0717. The zero-order chi connectivity index (χ0) is 18.5.